The van der Waals surface area contributed by atoms with Crippen molar-refractivity contribution in [3.8, 4) is 0 Å². The van der Waals surface area contributed by atoms with Crippen LogP contribution in [0.1, 0.15) is 69.3 Å². The summed E-state index contributed by atoms with van der Waals surface area (Å²) in [4.78, 5) is 38.4. The molecule has 2 N–H and O–H groups in total. The van der Waals surface area contributed by atoms with E-state index in [2.05, 4.69) is 10.6 Å². The Hall–Kier alpha value is -2.67. The van der Waals surface area contributed by atoms with Gasteiger partial charge in [0.05, 0.1) is 12.2 Å². The Morgan fingerprint density at radius 1 is 1.14 bits per heavy atom. The number of hydrogen-bond donors (Lipinski definition) is 2. The lowest BCUT2D eigenvalue weighted by Gasteiger charge is -2.12. The summed E-state index contributed by atoms with van der Waals surface area (Å²) in [5.74, 6) is -0.622. The number of carbonyl (C=O) groups is 3. The van der Waals surface area contributed by atoms with Gasteiger partial charge in [-0.3, -0.25) is 9.59 Å². The molecule has 0 atom stereocenters. The number of hydrogen-bond acceptors (Lipinski definition) is 5. The summed E-state index contributed by atoms with van der Waals surface area (Å²) in [6, 6.07) is 5.31. The quantitative estimate of drug-likeness (QED) is 0.732. The largest absolute Gasteiger partial charge is 0.462 e. The lowest BCUT2D eigenvalue weighted by atomic mass is 9.95. The predicted molar refractivity (Wildman–Crippen MR) is 113 cm³/mol. The number of ether oxygens (including phenoxy) is 1. The number of rotatable bonds is 4. The zero-order valence-corrected chi connectivity index (χ0v) is 17.2. The Bertz CT molecular complexity index is 979. The summed E-state index contributed by atoms with van der Waals surface area (Å²) < 4.78 is 5.25. The zero-order chi connectivity index (χ0) is 20.4. The Morgan fingerprint density at radius 2 is 1.97 bits per heavy atom. The fourth-order valence-electron chi connectivity index (χ4n) is 3.96. The second-order valence-corrected chi connectivity index (χ2v) is 8.47. The van der Waals surface area contributed by atoms with Gasteiger partial charge in [-0.15, -0.1) is 11.3 Å². The fourth-order valence-corrected chi connectivity index (χ4v) is 5.24. The SMILES string of the molecule is CCOC(=O)c1c(NC(=O)c2ccc3c(c2)CCCC(=O)N3)sc2c1CCCC2. The van der Waals surface area contributed by atoms with Crippen LogP contribution in [0.2, 0.25) is 0 Å². The Balaban J connectivity index is 1.62. The smallest absolute Gasteiger partial charge is 0.341 e. The summed E-state index contributed by atoms with van der Waals surface area (Å²) in [7, 11) is 0. The molecule has 29 heavy (non-hydrogen) atoms. The maximum absolute atomic E-state index is 13.0. The molecule has 0 saturated heterocycles. The Labute approximate surface area is 173 Å². The van der Waals surface area contributed by atoms with Crippen LogP contribution >= 0.6 is 11.3 Å². The van der Waals surface area contributed by atoms with E-state index in [1.807, 2.05) is 6.07 Å². The van der Waals surface area contributed by atoms with Gasteiger partial charge in [-0.25, -0.2) is 4.79 Å². The maximum atomic E-state index is 13.0. The third-order valence-electron chi connectivity index (χ3n) is 5.37. The molecule has 0 radical (unpaired) electrons. The van der Waals surface area contributed by atoms with Gasteiger partial charge in [-0.2, -0.15) is 0 Å². The van der Waals surface area contributed by atoms with Crippen molar-refractivity contribution in [3.05, 3.63) is 45.3 Å². The number of amides is 2. The molecule has 6 nitrogen and oxygen atoms in total. The molecule has 2 aromatic rings. The minimum absolute atomic E-state index is 0.00389. The van der Waals surface area contributed by atoms with Crippen LogP contribution < -0.4 is 10.6 Å². The van der Waals surface area contributed by atoms with Crippen LogP contribution in [0, 0.1) is 0 Å². The minimum Gasteiger partial charge on any atom is -0.462 e. The van der Waals surface area contributed by atoms with E-state index in [0.29, 0.717) is 29.2 Å². The minimum atomic E-state index is -0.369. The highest BCUT2D eigenvalue weighted by atomic mass is 32.1. The summed E-state index contributed by atoms with van der Waals surface area (Å²) in [6.45, 7) is 2.08. The van der Waals surface area contributed by atoms with Crippen LogP contribution in [0.5, 0.6) is 0 Å². The van der Waals surface area contributed by atoms with Gasteiger partial charge in [0, 0.05) is 22.5 Å². The standard InChI is InChI=1S/C22H24N2O4S/c1-2-28-22(27)19-15-7-3-4-8-17(15)29-21(19)24-20(26)14-10-11-16-13(12-14)6-5-9-18(25)23-16/h10-12H,2-9H2,1H3,(H,23,25)(H,24,26). The van der Waals surface area contributed by atoms with Gasteiger partial charge >= 0.3 is 5.97 Å². The van der Waals surface area contributed by atoms with Crippen LogP contribution in [-0.2, 0) is 28.8 Å². The molecule has 1 aromatic carbocycles. The number of thiophene rings is 1. The summed E-state index contributed by atoms with van der Waals surface area (Å²) in [6.07, 6.45) is 5.90. The van der Waals surface area contributed by atoms with Crippen molar-refractivity contribution in [1.82, 2.24) is 0 Å². The van der Waals surface area contributed by atoms with Crippen molar-refractivity contribution < 1.29 is 19.1 Å². The molecule has 1 aliphatic heterocycles. The molecule has 0 spiro atoms. The third-order valence-corrected chi connectivity index (χ3v) is 6.58. The van der Waals surface area contributed by atoms with Crippen molar-refractivity contribution in [3.63, 3.8) is 0 Å². The lowest BCUT2D eigenvalue weighted by Crippen LogP contribution is -2.16. The van der Waals surface area contributed by atoms with Crippen molar-refractivity contribution in [2.75, 3.05) is 17.2 Å². The summed E-state index contributed by atoms with van der Waals surface area (Å²) in [5.41, 5.74) is 3.78. The fraction of sp³-hybridized carbons (Fsp3) is 0.409. The second-order valence-electron chi connectivity index (χ2n) is 7.36. The molecule has 2 amide bonds. The molecule has 152 valence electrons. The van der Waals surface area contributed by atoms with Gasteiger partial charge in [0.15, 0.2) is 0 Å². The number of carbonyl (C=O) groups excluding carboxylic acids is 3. The van der Waals surface area contributed by atoms with Gasteiger partial charge in [0.2, 0.25) is 5.91 Å². The Morgan fingerprint density at radius 3 is 2.79 bits per heavy atom. The predicted octanol–water partition coefficient (Wildman–Crippen LogP) is 4.33. The topological polar surface area (TPSA) is 84.5 Å². The van der Waals surface area contributed by atoms with Crippen molar-refractivity contribution >= 4 is 39.8 Å². The molecule has 2 aliphatic rings. The Kier molecular flexibility index (Phi) is 5.67. The van der Waals surface area contributed by atoms with Crippen LogP contribution in [0.3, 0.4) is 0 Å². The van der Waals surface area contributed by atoms with Crippen LogP contribution in [0.15, 0.2) is 18.2 Å². The molecule has 0 bridgehead atoms. The average Bonchev–Trinajstić information content (AvgIpc) is 2.95. The van der Waals surface area contributed by atoms with E-state index in [0.717, 1.165) is 55.3 Å². The van der Waals surface area contributed by atoms with Gasteiger partial charge in [0.25, 0.3) is 5.91 Å². The molecular formula is C22H24N2O4S. The first-order valence-corrected chi connectivity index (χ1v) is 10.9. The zero-order valence-electron chi connectivity index (χ0n) is 16.4. The first-order chi connectivity index (χ1) is 14.1. The molecule has 4 rings (SSSR count). The highest BCUT2D eigenvalue weighted by Gasteiger charge is 2.27. The molecular weight excluding hydrogens is 388 g/mol. The van der Waals surface area contributed by atoms with E-state index in [1.54, 1.807) is 19.1 Å². The van der Waals surface area contributed by atoms with Gasteiger partial charge in [-0.05, 0) is 74.8 Å². The van der Waals surface area contributed by atoms with Gasteiger partial charge in [0.1, 0.15) is 5.00 Å². The van der Waals surface area contributed by atoms with Crippen molar-refractivity contribution in [1.29, 1.82) is 0 Å². The van der Waals surface area contributed by atoms with Crippen molar-refractivity contribution in [2.45, 2.75) is 51.9 Å². The third kappa shape index (κ3) is 4.05. The molecule has 0 unspecified atom stereocenters. The summed E-state index contributed by atoms with van der Waals surface area (Å²) >= 11 is 1.48. The number of esters is 1. The van der Waals surface area contributed by atoms with E-state index >= 15 is 0 Å². The van der Waals surface area contributed by atoms with Gasteiger partial charge < -0.3 is 15.4 Å². The van der Waals surface area contributed by atoms with Crippen LogP contribution in [0.4, 0.5) is 10.7 Å². The lowest BCUT2D eigenvalue weighted by molar-refractivity contribution is -0.116. The molecule has 2 heterocycles. The molecule has 1 aliphatic carbocycles. The monoisotopic (exact) mass is 412 g/mol. The second kappa shape index (κ2) is 8.37. The highest BCUT2D eigenvalue weighted by Crippen LogP contribution is 2.39. The van der Waals surface area contributed by atoms with E-state index < -0.39 is 0 Å². The van der Waals surface area contributed by atoms with Crippen LogP contribution in [-0.4, -0.2) is 24.4 Å². The number of nitrogens with one attached hydrogen (secondary N) is 2. The maximum Gasteiger partial charge on any atom is 0.341 e. The van der Waals surface area contributed by atoms with Gasteiger partial charge in [-0.1, -0.05) is 0 Å². The number of anilines is 2. The molecule has 0 fully saturated rings. The van der Waals surface area contributed by atoms with Crippen LogP contribution in [0.25, 0.3) is 0 Å². The highest BCUT2D eigenvalue weighted by molar-refractivity contribution is 7.17. The van der Waals surface area contributed by atoms with E-state index in [9.17, 15) is 14.4 Å². The molecule has 7 heteroatoms. The number of fused-ring (bicyclic) bond motifs is 2. The first-order valence-electron chi connectivity index (χ1n) is 10.1. The van der Waals surface area contributed by atoms with E-state index in [4.69, 9.17) is 4.74 Å². The summed E-state index contributed by atoms with van der Waals surface area (Å²) in [5, 5.41) is 6.40. The number of aryl methyl sites for hydroxylation is 2. The van der Waals surface area contributed by atoms with Crippen molar-refractivity contribution in [2.24, 2.45) is 0 Å². The average molecular weight is 413 g/mol. The normalized spacial score (nSPS) is 15.6. The van der Waals surface area contributed by atoms with E-state index in [1.165, 1.54) is 16.2 Å². The molecule has 0 saturated carbocycles. The molecule has 1 aromatic heterocycles. The number of benzene rings is 1. The van der Waals surface area contributed by atoms with E-state index in [-0.39, 0.29) is 17.8 Å². The first kappa shape index (κ1) is 19.6.